The van der Waals surface area contributed by atoms with E-state index in [4.69, 9.17) is 5.11 Å². The normalized spacial score (nSPS) is 19.9. The minimum atomic E-state index is -4.95. The van der Waals surface area contributed by atoms with Gasteiger partial charge in [-0.15, -0.1) is 0 Å². The van der Waals surface area contributed by atoms with Crippen LogP contribution in [0.4, 0.5) is 13.2 Å². The first-order valence-electron chi connectivity index (χ1n) is 11.0. The number of likely N-dealkylation sites (tertiary alicyclic amines) is 1. The van der Waals surface area contributed by atoms with Crippen LogP contribution >= 0.6 is 22.6 Å². The molecular weight excluding hydrogens is 576 g/mol. The molecule has 1 aliphatic heterocycles. The summed E-state index contributed by atoms with van der Waals surface area (Å²) in [4.78, 5) is 37.9. The quantitative estimate of drug-likeness (QED) is 0.379. The molecule has 1 saturated carbocycles. The van der Waals surface area contributed by atoms with E-state index in [1.165, 1.54) is 23.1 Å². The van der Waals surface area contributed by atoms with E-state index in [0.29, 0.717) is 12.0 Å². The first-order chi connectivity index (χ1) is 16.5. The summed E-state index contributed by atoms with van der Waals surface area (Å²) in [5.41, 5.74) is 1.71. The number of halogens is 4. The molecular formula is C25H22F3IN2O4. The Morgan fingerprint density at radius 1 is 1.06 bits per heavy atom. The molecule has 2 unspecified atom stereocenters. The van der Waals surface area contributed by atoms with E-state index < -0.39 is 24.1 Å². The monoisotopic (exact) mass is 598 g/mol. The van der Waals surface area contributed by atoms with E-state index >= 15 is 0 Å². The van der Waals surface area contributed by atoms with Gasteiger partial charge in [0.25, 0.3) is 0 Å². The highest BCUT2D eigenvalue weighted by atomic mass is 127. The average Bonchev–Trinajstić information content (AvgIpc) is 3.57. The lowest BCUT2D eigenvalue weighted by Crippen LogP contribution is -2.56. The van der Waals surface area contributed by atoms with Crippen molar-refractivity contribution in [3.8, 4) is 0 Å². The molecule has 1 aliphatic carbocycles. The van der Waals surface area contributed by atoms with E-state index in [0.717, 1.165) is 14.0 Å². The van der Waals surface area contributed by atoms with Gasteiger partial charge in [-0.05, 0) is 70.5 Å². The Hall–Kier alpha value is -2.89. The summed E-state index contributed by atoms with van der Waals surface area (Å²) in [6.07, 6.45) is -1.56. The summed E-state index contributed by atoms with van der Waals surface area (Å²) in [5.74, 6) is -3.51. The number of carbonyl (C=O) groups excluding carboxylic acids is 2. The van der Waals surface area contributed by atoms with Gasteiger partial charge < -0.3 is 14.9 Å². The number of benzene rings is 2. The van der Waals surface area contributed by atoms with Crippen molar-refractivity contribution in [2.24, 2.45) is 5.92 Å². The summed E-state index contributed by atoms with van der Waals surface area (Å²) >= 11 is 2.16. The van der Waals surface area contributed by atoms with E-state index in [1.807, 2.05) is 24.3 Å². The van der Waals surface area contributed by atoms with Gasteiger partial charge in [-0.1, -0.05) is 24.3 Å². The highest BCUT2D eigenvalue weighted by molar-refractivity contribution is 14.1. The third-order valence-corrected chi connectivity index (χ3v) is 6.98. The van der Waals surface area contributed by atoms with Gasteiger partial charge in [-0.2, -0.15) is 13.2 Å². The Bertz CT molecular complexity index is 1140. The number of hydrogen-bond acceptors (Lipinski definition) is 3. The molecule has 184 valence electrons. The first kappa shape index (κ1) is 25.2. The smallest absolute Gasteiger partial charge is 0.471 e. The van der Waals surface area contributed by atoms with Crippen molar-refractivity contribution in [1.82, 2.24) is 9.80 Å². The fraction of sp³-hybridized carbons (Fsp3) is 0.320. The molecule has 2 aromatic carbocycles. The van der Waals surface area contributed by atoms with Gasteiger partial charge in [0.05, 0.1) is 5.56 Å². The highest BCUT2D eigenvalue weighted by Gasteiger charge is 2.52. The van der Waals surface area contributed by atoms with Crippen LogP contribution in [-0.4, -0.2) is 64.5 Å². The lowest BCUT2D eigenvalue weighted by atomic mass is 9.98. The second-order valence-electron chi connectivity index (χ2n) is 8.79. The summed E-state index contributed by atoms with van der Waals surface area (Å²) in [5, 5.41) is 8.93. The fourth-order valence-corrected chi connectivity index (χ4v) is 4.64. The molecule has 0 radical (unpaired) electrons. The Labute approximate surface area is 213 Å². The van der Waals surface area contributed by atoms with Gasteiger partial charge in [0, 0.05) is 47.2 Å². The van der Waals surface area contributed by atoms with Crippen molar-refractivity contribution in [2.75, 3.05) is 19.6 Å². The standard InChI is InChI=1S/C25H22F3IN2O4/c26-25(27,28)24(35)31(21-11-20(21)17-6-8-19(29)9-7-17)14-16-12-30(13-16)22(32)10-3-15-1-4-18(5-2-15)23(33)34/h1-10,16,20-21H,11-14H2,(H,33,34). The van der Waals surface area contributed by atoms with Crippen molar-refractivity contribution in [3.63, 3.8) is 0 Å². The van der Waals surface area contributed by atoms with Gasteiger partial charge in [-0.25, -0.2) is 4.79 Å². The van der Waals surface area contributed by atoms with Crippen LogP contribution in [0.2, 0.25) is 0 Å². The maximum atomic E-state index is 13.3. The molecule has 1 heterocycles. The number of nitrogens with zero attached hydrogens (tertiary/aromatic N) is 2. The first-order valence-corrected chi connectivity index (χ1v) is 12.0. The lowest BCUT2D eigenvalue weighted by Gasteiger charge is -2.41. The van der Waals surface area contributed by atoms with Crippen LogP contribution in [0.15, 0.2) is 54.6 Å². The van der Waals surface area contributed by atoms with E-state index in [-0.39, 0.29) is 42.9 Å². The van der Waals surface area contributed by atoms with Gasteiger partial charge in [-0.3, -0.25) is 9.59 Å². The predicted molar refractivity (Wildman–Crippen MR) is 131 cm³/mol. The number of rotatable bonds is 7. The number of aromatic carboxylic acids is 1. The molecule has 2 fully saturated rings. The number of carboxylic acid groups (broad SMARTS) is 1. The van der Waals surface area contributed by atoms with Crippen molar-refractivity contribution in [3.05, 3.63) is 74.9 Å². The Balaban J connectivity index is 1.34. The van der Waals surface area contributed by atoms with E-state index in [1.54, 1.807) is 18.2 Å². The third kappa shape index (κ3) is 6.03. The molecule has 2 aliphatic rings. The van der Waals surface area contributed by atoms with Gasteiger partial charge in [0.1, 0.15) is 0 Å². The molecule has 2 amide bonds. The maximum Gasteiger partial charge on any atom is 0.471 e. The zero-order valence-electron chi connectivity index (χ0n) is 18.4. The largest absolute Gasteiger partial charge is 0.478 e. The van der Waals surface area contributed by atoms with Crippen LogP contribution in [0.1, 0.15) is 33.8 Å². The zero-order valence-corrected chi connectivity index (χ0v) is 20.6. The van der Waals surface area contributed by atoms with Crippen LogP contribution in [0.25, 0.3) is 6.08 Å². The van der Waals surface area contributed by atoms with Crippen LogP contribution in [0.3, 0.4) is 0 Å². The lowest BCUT2D eigenvalue weighted by molar-refractivity contribution is -0.187. The topological polar surface area (TPSA) is 77.9 Å². The number of carbonyl (C=O) groups is 3. The average molecular weight is 598 g/mol. The molecule has 2 atom stereocenters. The predicted octanol–water partition coefficient (Wildman–Crippen LogP) is 4.41. The van der Waals surface area contributed by atoms with E-state index in [9.17, 15) is 27.6 Å². The molecule has 2 aromatic rings. The molecule has 10 heteroatoms. The van der Waals surface area contributed by atoms with Crippen molar-refractivity contribution in [1.29, 1.82) is 0 Å². The molecule has 1 N–H and O–H groups in total. The second kappa shape index (κ2) is 10.00. The molecule has 6 nitrogen and oxygen atoms in total. The van der Waals surface area contributed by atoms with Gasteiger partial charge in [0.2, 0.25) is 5.91 Å². The Kier molecular flexibility index (Phi) is 7.20. The number of amides is 2. The Morgan fingerprint density at radius 3 is 2.26 bits per heavy atom. The van der Waals surface area contributed by atoms with Crippen LogP contribution in [-0.2, 0) is 9.59 Å². The summed E-state index contributed by atoms with van der Waals surface area (Å²) < 4.78 is 40.9. The SMILES string of the molecule is O=C(O)c1ccc(C=CC(=O)N2CC(CN(C(=O)C(F)(F)F)C3CC3c3ccc(I)cc3)C2)cc1. The van der Waals surface area contributed by atoms with Crippen LogP contribution in [0, 0.1) is 9.49 Å². The molecule has 4 rings (SSSR count). The minimum absolute atomic E-state index is 0.0476. The molecule has 0 aromatic heterocycles. The third-order valence-electron chi connectivity index (χ3n) is 6.26. The number of carboxylic acids is 1. The summed E-state index contributed by atoms with van der Waals surface area (Å²) in [7, 11) is 0. The van der Waals surface area contributed by atoms with Gasteiger partial charge in [0.15, 0.2) is 0 Å². The van der Waals surface area contributed by atoms with Gasteiger partial charge >= 0.3 is 18.1 Å². The fourth-order valence-electron chi connectivity index (χ4n) is 4.28. The van der Waals surface area contributed by atoms with Crippen LogP contribution in [0.5, 0.6) is 0 Å². The molecule has 0 bridgehead atoms. The van der Waals surface area contributed by atoms with Crippen molar-refractivity contribution in [2.45, 2.75) is 24.6 Å². The van der Waals surface area contributed by atoms with Crippen LogP contribution < -0.4 is 0 Å². The summed E-state index contributed by atoms with van der Waals surface area (Å²) in [6, 6.07) is 13.1. The minimum Gasteiger partial charge on any atom is -0.478 e. The summed E-state index contributed by atoms with van der Waals surface area (Å²) in [6.45, 7) is 0.487. The number of alkyl halides is 3. The molecule has 0 spiro atoms. The molecule has 35 heavy (non-hydrogen) atoms. The van der Waals surface area contributed by atoms with E-state index in [2.05, 4.69) is 22.6 Å². The molecule has 1 saturated heterocycles. The number of hydrogen-bond donors (Lipinski definition) is 1. The van der Waals surface area contributed by atoms with Crippen molar-refractivity contribution < 1.29 is 32.7 Å². The second-order valence-corrected chi connectivity index (χ2v) is 10.0. The van der Waals surface area contributed by atoms with Crippen molar-refractivity contribution >= 4 is 46.5 Å². The highest BCUT2D eigenvalue weighted by Crippen LogP contribution is 2.46. The Morgan fingerprint density at radius 2 is 1.69 bits per heavy atom. The zero-order chi connectivity index (χ0) is 25.3. The maximum absolute atomic E-state index is 13.3.